The number of allylic oxidation sites excluding steroid dienone is 2. The Balaban J connectivity index is 1.52. The number of aliphatic imine (C=N–C) groups is 1. The molecule has 0 spiro atoms. The predicted octanol–water partition coefficient (Wildman–Crippen LogP) is 4.44. The number of hydrogen-bond donors (Lipinski definition) is 2. The average Bonchev–Trinajstić information content (AvgIpc) is 2.91. The summed E-state index contributed by atoms with van der Waals surface area (Å²) >= 11 is 0. The van der Waals surface area contributed by atoms with Gasteiger partial charge in [0.2, 0.25) is 0 Å². The van der Waals surface area contributed by atoms with Crippen LogP contribution in [0, 0.1) is 5.82 Å². The molecule has 0 aromatic heterocycles. The van der Waals surface area contributed by atoms with Crippen molar-refractivity contribution in [1.29, 1.82) is 0 Å². The molecular weight excluding hydrogens is 481 g/mol. The van der Waals surface area contributed by atoms with Crippen LogP contribution in [0.1, 0.15) is 30.9 Å². The molecule has 1 amide bonds. The van der Waals surface area contributed by atoms with E-state index >= 15 is 0 Å². The highest BCUT2D eigenvalue weighted by atomic mass is 19.1. The number of carbonyl (C=O) groups excluding carboxylic acids is 1. The van der Waals surface area contributed by atoms with E-state index in [0.29, 0.717) is 31.0 Å². The number of aliphatic hydroxyl groups is 1. The van der Waals surface area contributed by atoms with E-state index in [9.17, 15) is 14.3 Å². The van der Waals surface area contributed by atoms with Crippen LogP contribution < -0.4 is 5.32 Å². The van der Waals surface area contributed by atoms with Crippen LogP contribution in [0.2, 0.25) is 0 Å². The Morgan fingerprint density at radius 3 is 2.68 bits per heavy atom. The number of ether oxygens (including phenoxy) is 1. The fourth-order valence-corrected chi connectivity index (χ4v) is 4.64. The summed E-state index contributed by atoms with van der Waals surface area (Å²) in [5.74, 6) is -0.585. The first-order chi connectivity index (χ1) is 18.5. The van der Waals surface area contributed by atoms with Gasteiger partial charge in [0, 0.05) is 18.7 Å². The molecule has 0 aliphatic carbocycles. The molecule has 2 N–H and O–H groups in total. The van der Waals surface area contributed by atoms with Crippen molar-refractivity contribution in [3.63, 3.8) is 0 Å². The molecule has 200 valence electrons. The molecule has 0 saturated carbocycles. The molecule has 2 atom stereocenters. The molecule has 1 fully saturated rings. The van der Waals surface area contributed by atoms with Crippen LogP contribution in [-0.4, -0.2) is 66.6 Å². The number of nitrogens with one attached hydrogen (secondary N) is 1. The molecule has 2 aliphatic rings. The van der Waals surface area contributed by atoms with Crippen molar-refractivity contribution in [1.82, 2.24) is 10.2 Å². The van der Waals surface area contributed by atoms with Gasteiger partial charge in [-0.3, -0.25) is 9.79 Å². The van der Waals surface area contributed by atoms with Crippen LogP contribution in [0.3, 0.4) is 0 Å². The lowest BCUT2D eigenvalue weighted by Gasteiger charge is -2.36. The van der Waals surface area contributed by atoms with Gasteiger partial charge in [0.05, 0.1) is 18.9 Å². The number of amides is 1. The Hall–Kier alpha value is -3.55. The molecule has 38 heavy (non-hydrogen) atoms. The van der Waals surface area contributed by atoms with Crippen molar-refractivity contribution >= 4 is 11.6 Å². The molecule has 0 bridgehead atoms. The van der Waals surface area contributed by atoms with Gasteiger partial charge < -0.3 is 20.1 Å². The van der Waals surface area contributed by atoms with Crippen LogP contribution in [0.5, 0.6) is 0 Å². The van der Waals surface area contributed by atoms with E-state index in [2.05, 4.69) is 21.8 Å². The van der Waals surface area contributed by atoms with Gasteiger partial charge in [0.25, 0.3) is 5.91 Å². The van der Waals surface area contributed by atoms with Crippen LogP contribution in [0.4, 0.5) is 4.39 Å². The van der Waals surface area contributed by atoms with E-state index in [1.54, 1.807) is 36.6 Å². The van der Waals surface area contributed by atoms with E-state index in [-0.39, 0.29) is 11.7 Å². The lowest BCUT2D eigenvalue weighted by molar-refractivity contribution is -0.116. The molecule has 0 unspecified atom stereocenters. The van der Waals surface area contributed by atoms with Gasteiger partial charge in [-0.15, -0.1) is 0 Å². The first kappa shape index (κ1) is 27.5. The summed E-state index contributed by atoms with van der Waals surface area (Å²) in [7, 11) is 0. The van der Waals surface area contributed by atoms with Crippen LogP contribution in [-0.2, 0) is 16.0 Å². The molecule has 2 aromatic carbocycles. The minimum atomic E-state index is -0.947. The summed E-state index contributed by atoms with van der Waals surface area (Å²) in [6, 6.07) is 11.7. The number of aliphatic hydroxyl groups excluding tert-OH is 1. The standard InChI is InChI=1S/C31H36FN3O3/c1-3-18-38-19-5-7-22(4-2)30(36)28(21-35-16-6-17-35)34-31(37)29-27-13-10-24(20-25(27)14-15-33-29)23-8-11-26(32)12-9-23/h4-5,7-13,19-20,28,30,36H,2-3,6,14-18,21H2,1H3,(H,34,37)/b19-5+,22-7+/t28-,30-/m1/s1. The summed E-state index contributed by atoms with van der Waals surface area (Å²) in [6.45, 7) is 9.42. The minimum Gasteiger partial charge on any atom is -0.501 e. The highest BCUT2D eigenvalue weighted by molar-refractivity contribution is 6.46. The van der Waals surface area contributed by atoms with Gasteiger partial charge in [-0.05, 0) is 72.8 Å². The van der Waals surface area contributed by atoms with Crippen molar-refractivity contribution in [2.45, 2.75) is 38.3 Å². The Morgan fingerprint density at radius 2 is 2.00 bits per heavy atom. The second-order valence-electron chi connectivity index (χ2n) is 9.61. The third kappa shape index (κ3) is 6.85. The summed E-state index contributed by atoms with van der Waals surface area (Å²) in [5, 5.41) is 14.3. The Kier molecular flexibility index (Phi) is 9.62. The number of fused-ring (bicyclic) bond motifs is 1. The smallest absolute Gasteiger partial charge is 0.270 e. The molecule has 2 aromatic rings. The third-order valence-corrected chi connectivity index (χ3v) is 6.87. The van der Waals surface area contributed by atoms with E-state index in [0.717, 1.165) is 54.6 Å². The van der Waals surface area contributed by atoms with Crippen molar-refractivity contribution in [2.24, 2.45) is 4.99 Å². The molecule has 2 aliphatic heterocycles. The summed E-state index contributed by atoms with van der Waals surface area (Å²) in [5.41, 5.74) is 4.66. The van der Waals surface area contributed by atoms with Crippen molar-refractivity contribution < 1.29 is 19.0 Å². The second kappa shape index (κ2) is 13.3. The summed E-state index contributed by atoms with van der Waals surface area (Å²) in [4.78, 5) is 20.3. The fraction of sp³-hybridized carbons (Fsp3) is 0.355. The quantitative estimate of drug-likeness (QED) is 0.248. The summed E-state index contributed by atoms with van der Waals surface area (Å²) in [6.07, 6.45) is 8.48. The maximum Gasteiger partial charge on any atom is 0.270 e. The van der Waals surface area contributed by atoms with Gasteiger partial charge >= 0.3 is 0 Å². The van der Waals surface area contributed by atoms with Crippen LogP contribution in [0.25, 0.3) is 11.1 Å². The van der Waals surface area contributed by atoms with Gasteiger partial charge in [-0.2, -0.15) is 0 Å². The highest BCUT2D eigenvalue weighted by Crippen LogP contribution is 2.26. The first-order valence-electron chi connectivity index (χ1n) is 13.3. The van der Waals surface area contributed by atoms with E-state index in [4.69, 9.17) is 4.74 Å². The Labute approximate surface area is 224 Å². The molecule has 7 heteroatoms. The van der Waals surface area contributed by atoms with E-state index in [1.807, 2.05) is 25.1 Å². The fourth-order valence-electron chi connectivity index (χ4n) is 4.64. The monoisotopic (exact) mass is 517 g/mol. The molecule has 2 heterocycles. The Bertz CT molecular complexity index is 1220. The average molecular weight is 518 g/mol. The number of carbonyl (C=O) groups is 1. The molecule has 0 radical (unpaired) electrons. The second-order valence-corrected chi connectivity index (χ2v) is 9.61. The largest absolute Gasteiger partial charge is 0.501 e. The molecule has 6 nitrogen and oxygen atoms in total. The lowest BCUT2D eigenvalue weighted by Crippen LogP contribution is -2.55. The van der Waals surface area contributed by atoms with Gasteiger partial charge in [-0.1, -0.05) is 56.0 Å². The number of hydrogen-bond acceptors (Lipinski definition) is 5. The predicted molar refractivity (Wildman–Crippen MR) is 150 cm³/mol. The van der Waals surface area contributed by atoms with Crippen molar-refractivity contribution in [3.8, 4) is 11.1 Å². The molecule has 4 rings (SSSR count). The van der Waals surface area contributed by atoms with Gasteiger partial charge in [0.1, 0.15) is 17.6 Å². The highest BCUT2D eigenvalue weighted by Gasteiger charge is 2.30. The summed E-state index contributed by atoms with van der Waals surface area (Å²) < 4.78 is 18.7. The number of likely N-dealkylation sites (tertiary alicyclic amines) is 1. The minimum absolute atomic E-state index is 0.275. The van der Waals surface area contributed by atoms with Crippen LogP contribution in [0.15, 0.2) is 84.1 Å². The van der Waals surface area contributed by atoms with Crippen molar-refractivity contribution in [3.05, 3.63) is 96.1 Å². The number of benzene rings is 2. The zero-order valence-electron chi connectivity index (χ0n) is 21.9. The number of rotatable bonds is 12. The normalized spacial score (nSPS) is 17.2. The van der Waals surface area contributed by atoms with E-state index in [1.165, 1.54) is 12.1 Å². The molecule has 1 saturated heterocycles. The third-order valence-electron chi connectivity index (χ3n) is 6.87. The zero-order valence-corrected chi connectivity index (χ0v) is 21.9. The molecular formula is C31H36FN3O3. The maximum absolute atomic E-state index is 13.5. The zero-order chi connectivity index (χ0) is 26.9. The van der Waals surface area contributed by atoms with Gasteiger partial charge in [0.15, 0.2) is 0 Å². The topological polar surface area (TPSA) is 74.2 Å². The maximum atomic E-state index is 13.5. The van der Waals surface area contributed by atoms with Crippen molar-refractivity contribution in [2.75, 3.05) is 32.8 Å². The van der Waals surface area contributed by atoms with E-state index < -0.39 is 12.1 Å². The number of nitrogens with zero attached hydrogens (tertiary/aromatic N) is 2. The van der Waals surface area contributed by atoms with Crippen LogP contribution >= 0.6 is 0 Å². The van der Waals surface area contributed by atoms with Gasteiger partial charge in [-0.25, -0.2) is 4.39 Å². The number of halogens is 1. The SMILES string of the molecule is C=C/C(=C\C=C\OCCC)[C@@H](O)[C@@H](CN1CCC1)NC(=O)C1=NCCc2cc(-c3ccc(F)cc3)ccc21. The Morgan fingerprint density at radius 1 is 1.24 bits per heavy atom. The lowest BCUT2D eigenvalue weighted by atomic mass is 9.92. The first-order valence-corrected chi connectivity index (χ1v) is 13.3.